The smallest absolute Gasteiger partial charge is 0.169 e. The number of nitrogens with one attached hydrogen (secondary N) is 1. The van der Waals surface area contributed by atoms with Crippen LogP contribution in [0.1, 0.15) is 26.3 Å². The monoisotopic (exact) mass is 221 g/mol. The van der Waals surface area contributed by atoms with Crippen molar-refractivity contribution < 1.29 is 8.81 Å². The molecule has 2 rings (SSSR count). The van der Waals surface area contributed by atoms with E-state index >= 15 is 0 Å². The zero-order valence-corrected chi connectivity index (χ0v) is 9.80. The second kappa shape index (κ2) is 3.91. The van der Waals surface area contributed by atoms with Gasteiger partial charge in [-0.1, -0.05) is 12.1 Å². The Bertz CT molecular complexity index is 496. The third-order valence-corrected chi connectivity index (χ3v) is 2.44. The molecule has 0 atom stereocenters. The molecule has 1 heterocycles. The molecule has 86 valence electrons. The molecule has 0 spiro atoms. The van der Waals surface area contributed by atoms with Crippen LogP contribution in [-0.4, -0.2) is 5.54 Å². The molecule has 3 heteroatoms. The number of benzene rings is 1. The summed E-state index contributed by atoms with van der Waals surface area (Å²) < 4.78 is 18.6. The quantitative estimate of drug-likeness (QED) is 0.840. The van der Waals surface area contributed by atoms with Gasteiger partial charge < -0.3 is 9.73 Å². The molecule has 0 aliphatic rings. The summed E-state index contributed by atoms with van der Waals surface area (Å²) in [6.07, 6.45) is 1.62. The Labute approximate surface area is 94.4 Å². The molecule has 0 bridgehead atoms. The van der Waals surface area contributed by atoms with E-state index in [-0.39, 0.29) is 11.4 Å². The highest BCUT2D eigenvalue weighted by Crippen LogP contribution is 2.23. The normalized spacial score (nSPS) is 12.2. The summed E-state index contributed by atoms with van der Waals surface area (Å²) in [7, 11) is 0. The third-order valence-electron chi connectivity index (χ3n) is 2.44. The van der Waals surface area contributed by atoms with Crippen LogP contribution in [0, 0.1) is 5.82 Å². The van der Waals surface area contributed by atoms with E-state index in [4.69, 9.17) is 4.42 Å². The third kappa shape index (κ3) is 2.25. The van der Waals surface area contributed by atoms with Crippen LogP contribution >= 0.6 is 0 Å². The van der Waals surface area contributed by atoms with Gasteiger partial charge in [0.2, 0.25) is 0 Å². The first-order chi connectivity index (χ1) is 7.47. The SMILES string of the molecule is CC(C)(C)NCc1coc2c(F)cccc12. The van der Waals surface area contributed by atoms with Gasteiger partial charge in [-0.3, -0.25) is 0 Å². The number of halogens is 1. The molecule has 2 nitrogen and oxygen atoms in total. The fourth-order valence-electron chi connectivity index (χ4n) is 1.57. The Morgan fingerprint density at radius 3 is 2.75 bits per heavy atom. The standard InChI is InChI=1S/C13H16FNO/c1-13(2,3)15-7-9-8-16-12-10(9)5-4-6-11(12)14/h4-6,8,15H,7H2,1-3H3. The lowest BCUT2D eigenvalue weighted by Crippen LogP contribution is -2.34. The highest BCUT2D eigenvalue weighted by atomic mass is 19.1. The van der Waals surface area contributed by atoms with Crippen LogP contribution in [0.4, 0.5) is 4.39 Å². The van der Waals surface area contributed by atoms with Gasteiger partial charge in [-0.2, -0.15) is 0 Å². The number of hydrogen-bond acceptors (Lipinski definition) is 2. The number of furan rings is 1. The van der Waals surface area contributed by atoms with Crippen molar-refractivity contribution in [3.63, 3.8) is 0 Å². The first-order valence-corrected chi connectivity index (χ1v) is 5.37. The van der Waals surface area contributed by atoms with E-state index in [9.17, 15) is 4.39 Å². The van der Waals surface area contributed by atoms with Gasteiger partial charge in [0, 0.05) is 23.0 Å². The molecule has 16 heavy (non-hydrogen) atoms. The molecule has 0 fully saturated rings. The Kier molecular flexibility index (Phi) is 2.72. The first-order valence-electron chi connectivity index (χ1n) is 5.37. The molecule has 0 aliphatic heterocycles. The maximum atomic E-state index is 13.4. The van der Waals surface area contributed by atoms with E-state index < -0.39 is 0 Å². The molecule has 0 unspecified atom stereocenters. The highest BCUT2D eigenvalue weighted by molar-refractivity contribution is 5.81. The van der Waals surface area contributed by atoms with Crippen molar-refractivity contribution in [1.29, 1.82) is 0 Å². The van der Waals surface area contributed by atoms with Crippen LogP contribution in [-0.2, 0) is 6.54 Å². The molecular formula is C13H16FNO. The van der Waals surface area contributed by atoms with E-state index in [0.717, 1.165) is 10.9 Å². The number of para-hydroxylation sites is 1. The molecule has 0 radical (unpaired) electrons. The average Bonchev–Trinajstić information content (AvgIpc) is 2.58. The zero-order valence-electron chi connectivity index (χ0n) is 9.80. The fourth-order valence-corrected chi connectivity index (χ4v) is 1.57. The van der Waals surface area contributed by atoms with Crippen molar-refractivity contribution in [3.8, 4) is 0 Å². The number of fused-ring (bicyclic) bond motifs is 1. The summed E-state index contributed by atoms with van der Waals surface area (Å²) in [4.78, 5) is 0. The second-order valence-corrected chi connectivity index (χ2v) is 4.98. The predicted octanol–water partition coefficient (Wildman–Crippen LogP) is 3.46. The van der Waals surface area contributed by atoms with Crippen molar-refractivity contribution in [2.45, 2.75) is 32.9 Å². The number of hydrogen-bond donors (Lipinski definition) is 1. The molecular weight excluding hydrogens is 205 g/mol. The molecule has 0 aliphatic carbocycles. The summed E-state index contributed by atoms with van der Waals surface area (Å²) in [5.74, 6) is -0.306. The molecule has 0 saturated carbocycles. The Morgan fingerprint density at radius 1 is 1.31 bits per heavy atom. The number of rotatable bonds is 2. The van der Waals surface area contributed by atoms with Crippen LogP contribution in [0.2, 0.25) is 0 Å². The summed E-state index contributed by atoms with van der Waals surface area (Å²) in [5.41, 5.74) is 1.37. The zero-order chi connectivity index (χ0) is 11.8. The van der Waals surface area contributed by atoms with Crippen molar-refractivity contribution >= 4 is 11.0 Å². The van der Waals surface area contributed by atoms with Crippen molar-refractivity contribution in [1.82, 2.24) is 5.32 Å². The lowest BCUT2D eigenvalue weighted by molar-refractivity contribution is 0.423. The minimum absolute atomic E-state index is 0.0386. The van der Waals surface area contributed by atoms with E-state index in [0.29, 0.717) is 12.1 Å². The summed E-state index contributed by atoms with van der Waals surface area (Å²) in [6.45, 7) is 6.96. The van der Waals surface area contributed by atoms with E-state index in [1.165, 1.54) is 6.07 Å². The van der Waals surface area contributed by atoms with Crippen LogP contribution in [0.5, 0.6) is 0 Å². The van der Waals surface area contributed by atoms with Crippen molar-refractivity contribution in [2.24, 2.45) is 0 Å². The largest absolute Gasteiger partial charge is 0.461 e. The Hall–Kier alpha value is -1.35. The van der Waals surface area contributed by atoms with E-state index in [1.807, 2.05) is 6.07 Å². The van der Waals surface area contributed by atoms with Gasteiger partial charge in [0.15, 0.2) is 11.4 Å². The molecule has 1 aromatic heterocycles. The van der Waals surface area contributed by atoms with Gasteiger partial charge in [0.05, 0.1) is 6.26 Å². The average molecular weight is 221 g/mol. The van der Waals surface area contributed by atoms with Crippen LogP contribution in [0.25, 0.3) is 11.0 Å². The molecule has 1 N–H and O–H groups in total. The van der Waals surface area contributed by atoms with E-state index in [2.05, 4.69) is 26.1 Å². The van der Waals surface area contributed by atoms with Crippen molar-refractivity contribution in [2.75, 3.05) is 0 Å². The first kappa shape index (κ1) is 11.1. The summed E-state index contributed by atoms with van der Waals surface area (Å²) in [5, 5.41) is 4.20. The second-order valence-electron chi connectivity index (χ2n) is 4.98. The fraction of sp³-hybridized carbons (Fsp3) is 0.385. The molecule has 2 aromatic rings. The van der Waals surface area contributed by atoms with Crippen molar-refractivity contribution in [3.05, 3.63) is 35.8 Å². The molecule has 0 amide bonds. The topological polar surface area (TPSA) is 25.2 Å². The van der Waals surface area contributed by atoms with Crippen LogP contribution in [0.15, 0.2) is 28.9 Å². The Balaban J connectivity index is 2.29. The molecule has 1 aromatic carbocycles. The Morgan fingerprint density at radius 2 is 2.06 bits per heavy atom. The van der Waals surface area contributed by atoms with Gasteiger partial charge in [0.25, 0.3) is 0 Å². The minimum Gasteiger partial charge on any atom is -0.461 e. The van der Waals surface area contributed by atoms with Crippen LogP contribution < -0.4 is 5.32 Å². The lowest BCUT2D eigenvalue weighted by atomic mass is 10.1. The maximum absolute atomic E-state index is 13.4. The predicted molar refractivity (Wildman–Crippen MR) is 62.8 cm³/mol. The molecule has 0 saturated heterocycles. The highest BCUT2D eigenvalue weighted by Gasteiger charge is 2.13. The maximum Gasteiger partial charge on any atom is 0.169 e. The van der Waals surface area contributed by atoms with Gasteiger partial charge in [-0.05, 0) is 26.8 Å². The van der Waals surface area contributed by atoms with Gasteiger partial charge in [-0.15, -0.1) is 0 Å². The lowest BCUT2D eigenvalue weighted by Gasteiger charge is -2.19. The summed E-state index contributed by atoms with van der Waals surface area (Å²) >= 11 is 0. The minimum atomic E-state index is -0.306. The van der Waals surface area contributed by atoms with Gasteiger partial charge in [-0.25, -0.2) is 4.39 Å². The van der Waals surface area contributed by atoms with Crippen LogP contribution in [0.3, 0.4) is 0 Å². The van der Waals surface area contributed by atoms with Gasteiger partial charge >= 0.3 is 0 Å². The van der Waals surface area contributed by atoms with Gasteiger partial charge in [0.1, 0.15) is 0 Å². The summed E-state index contributed by atoms with van der Waals surface area (Å²) in [6, 6.07) is 4.99. The van der Waals surface area contributed by atoms with E-state index in [1.54, 1.807) is 12.3 Å².